The van der Waals surface area contributed by atoms with E-state index in [-0.39, 0.29) is 23.2 Å². The molecule has 0 saturated heterocycles. The number of aromatic nitrogens is 2. The molecule has 0 bridgehead atoms. The molecule has 0 atom stereocenters. The maximum Gasteiger partial charge on any atom is 0.263 e. The Bertz CT molecular complexity index is 1210. The van der Waals surface area contributed by atoms with Crippen LogP contribution < -0.4 is 18.9 Å². The molecule has 182 valence electrons. The molecule has 1 N–H and O–H groups in total. The van der Waals surface area contributed by atoms with Gasteiger partial charge in [-0.15, -0.1) is 0 Å². The van der Waals surface area contributed by atoms with Gasteiger partial charge in [0, 0.05) is 6.54 Å². The number of methoxy groups -OCH3 is 1. The van der Waals surface area contributed by atoms with Gasteiger partial charge in [-0.2, -0.15) is 0 Å². The van der Waals surface area contributed by atoms with Crippen molar-refractivity contribution in [3.05, 3.63) is 65.5 Å². The summed E-state index contributed by atoms with van der Waals surface area (Å²) in [5, 5.41) is 0. The molecule has 0 saturated carbocycles. The lowest BCUT2D eigenvalue weighted by molar-refractivity contribution is 0.249. The number of rotatable bonds is 11. The molecular formula is C24H30N4O5S. The lowest BCUT2D eigenvalue weighted by Crippen LogP contribution is -2.19. The summed E-state index contributed by atoms with van der Waals surface area (Å²) in [7, 11) is 1.67. The minimum Gasteiger partial charge on any atom is -0.493 e. The molecule has 10 heteroatoms. The molecule has 1 heterocycles. The number of nitrogens with one attached hydrogen (secondary N) is 1. The van der Waals surface area contributed by atoms with Crippen LogP contribution in [0.3, 0.4) is 0 Å². The smallest absolute Gasteiger partial charge is 0.263 e. The van der Waals surface area contributed by atoms with E-state index in [0.29, 0.717) is 23.8 Å². The minimum absolute atomic E-state index is 0.0159. The second-order valence-electron chi connectivity index (χ2n) is 8.01. The van der Waals surface area contributed by atoms with Gasteiger partial charge in [0.2, 0.25) is 5.82 Å². The first kappa shape index (κ1) is 25.3. The summed E-state index contributed by atoms with van der Waals surface area (Å²) in [5.41, 5.74) is 2.36. The third-order valence-corrected chi connectivity index (χ3v) is 6.18. The number of hydrogen-bond donors (Lipinski definition) is 1. The standard InChI is InChI=1S/C24H30N4O5S/c1-17-6-9-20(10-7-17)34(29,30)27-23-24(26-18(2)15-25-23)33-16-19-8-11-21(31-5)22(14-19)32-13-12-28(3)4/h6-11,14-15H,12-13,16H2,1-5H3,(H,25,27). The lowest BCUT2D eigenvalue weighted by Gasteiger charge is -2.15. The summed E-state index contributed by atoms with van der Waals surface area (Å²) in [4.78, 5) is 10.7. The first-order valence-electron chi connectivity index (χ1n) is 10.7. The monoisotopic (exact) mass is 486 g/mol. The van der Waals surface area contributed by atoms with Crippen molar-refractivity contribution in [2.24, 2.45) is 0 Å². The van der Waals surface area contributed by atoms with Crippen molar-refractivity contribution in [3.8, 4) is 17.4 Å². The maximum absolute atomic E-state index is 12.8. The number of hydrogen-bond acceptors (Lipinski definition) is 8. The topological polar surface area (TPSA) is 103 Å². The number of ether oxygens (including phenoxy) is 3. The Kier molecular flexibility index (Phi) is 8.30. The van der Waals surface area contributed by atoms with Gasteiger partial charge >= 0.3 is 0 Å². The molecular weight excluding hydrogens is 456 g/mol. The Hall–Kier alpha value is -3.37. The molecule has 0 aliphatic heterocycles. The van der Waals surface area contributed by atoms with E-state index in [4.69, 9.17) is 14.2 Å². The second-order valence-corrected chi connectivity index (χ2v) is 9.69. The van der Waals surface area contributed by atoms with E-state index in [1.165, 1.54) is 18.3 Å². The SMILES string of the molecule is COc1ccc(COc2nc(C)cnc2NS(=O)(=O)c2ccc(C)cc2)cc1OCCN(C)C. The van der Waals surface area contributed by atoms with E-state index in [1.807, 2.05) is 38.1 Å². The van der Waals surface area contributed by atoms with Gasteiger partial charge in [0.15, 0.2) is 11.5 Å². The fourth-order valence-corrected chi connectivity index (χ4v) is 3.95. The van der Waals surface area contributed by atoms with E-state index in [9.17, 15) is 8.42 Å². The largest absolute Gasteiger partial charge is 0.493 e. The molecule has 0 unspecified atom stereocenters. The molecule has 34 heavy (non-hydrogen) atoms. The molecule has 0 amide bonds. The number of sulfonamides is 1. The normalized spacial score (nSPS) is 11.4. The third kappa shape index (κ3) is 6.82. The van der Waals surface area contributed by atoms with Gasteiger partial charge in [0.25, 0.3) is 15.9 Å². The van der Waals surface area contributed by atoms with E-state index in [1.54, 1.807) is 32.2 Å². The van der Waals surface area contributed by atoms with Gasteiger partial charge in [0.1, 0.15) is 13.2 Å². The molecule has 0 radical (unpaired) electrons. The van der Waals surface area contributed by atoms with Crippen LogP contribution in [0, 0.1) is 13.8 Å². The zero-order valence-electron chi connectivity index (χ0n) is 20.0. The van der Waals surface area contributed by atoms with Crippen LogP contribution >= 0.6 is 0 Å². The molecule has 2 aromatic carbocycles. The summed E-state index contributed by atoms with van der Waals surface area (Å²) < 4.78 is 45.2. The highest BCUT2D eigenvalue weighted by atomic mass is 32.2. The van der Waals surface area contributed by atoms with Crippen molar-refractivity contribution in [3.63, 3.8) is 0 Å². The molecule has 0 spiro atoms. The first-order chi connectivity index (χ1) is 16.2. The molecule has 3 aromatic rings. The molecule has 9 nitrogen and oxygen atoms in total. The maximum atomic E-state index is 12.8. The third-order valence-electron chi connectivity index (χ3n) is 4.82. The predicted octanol–water partition coefficient (Wildman–Crippen LogP) is 3.42. The van der Waals surface area contributed by atoms with Crippen molar-refractivity contribution in [2.75, 3.05) is 39.1 Å². The first-order valence-corrected chi connectivity index (χ1v) is 12.2. The highest BCUT2D eigenvalue weighted by Gasteiger charge is 2.19. The summed E-state index contributed by atoms with van der Waals surface area (Å²) in [5.74, 6) is 1.31. The van der Waals surface area contributed by atoms with E-state index in [2.05, 4.69) is 14.7 Å². The van der Waals surface area contributed by atoms with E-state index < -0.39 is 10.0 Å². The van der Waals surface area contributed by atoms with Gasteiger partial charge in [-0.1, -0.05) is 23.8 Å². The van der Waals surface area contributed by atoms with Crippen LogP contribution in [0.25, 0.3) is 0 Å². The number of likely N-dealkylation sites (N-methyl/N-ethyl adjacent to an activating group) is 1. The number of benzene rings is 2. The zero-order valence-corrected chi connectivity index (χ0v) is 20.8. The number of nitrogens with zero attached hydrogens (tertiary/aromatic N) is 3. The van der Waals surface area contributed by atoms with Gasteiger partial charge in [-0.25, -0.2) is 18.4 Å². The Morgan fingerprint density at radius 2 is 1.74 bits per heavy atom. The van der Waals surface area contributed by atoms with Crippen molar-refractivity contribution < 1.29 is 22.6 Å². The summed E-state index contributed by atoms with van der Waals surface area (Å²) in [6.07, 6.45) is 1.48. The van der Waals surface area contributed by atoms with Crippen molar-refractivity contribution >= 4 is 15.8 Å². The van der Waals surface area contributed by atoms with Crippen LogP contribution in [-0.4, -0.2) is 57.6 Å². The molecule has 0 aliphatic rings. The van der Waals surface area contributed by atoms with Crippen LogP contribution in [0.1, 0.15) is 16.8 Å². The molecule has 3 rings (SSSR count). The Labute approximate surface area is 200 Å². The van der Waals surface area contributed by atoms with E-state index in [0.717, 1.165) is 17.7 Å². The fourth-order valence-electron chi connectivity index (χ4n) is 2.94. The van der Waals surface area contributed by atoms with Crippen LogP contribution in [0.2, 0.25) is 0 Å². The average Bonchev–Trinajstić information content (AvgIpc) is 2.79. The van der Waals surface area contributed by atoms with Gasteiger partial charge in [-0.3, -0.25) is 4.72 Å². The number of aryl methyl sites for hydroxylation is 2. The van der Waals surface area contributed by atoms with Gasteiger partial charge in [0.05, 0.1) is 23.9 Å². The summed E-state index contributed by atoms with van der Waals surface area (Å²) >= 11 is 0. The van der Waals surface area contributed by atoms with Crippen LogP contribution in [0.5, 0.6) is 17.4 Å². The predicted molar refractivity (Wildman–Crippen MR) is 130 cm³/mol. The van der Waals surface area contributed by atoms with Gasteiger partial charge < -0.3 is 19.1 Å². The Morgan fingerprint density at radius 3 is 2.41 bits per heavy atom. The Balaban J connectivity index is 1.77. The van der Waals surface area contributed by atoms with Crippen LogP contribution in [0.4, 0.5) is 5.82 Å². The fraction of sp³-hybridized carbons (Fsp3) is 0.333. The summed E-state index contributed by atoms with van der Waals surface area (Å²) in [6.45, 7) is 5.03. The van der Waals surface area contributed by atoms with Crippen molar-refractivity contribution in [1.29, 1.82) is 0 Å². The van der Waals surface area contributed by atoms with Crippen molar-refractivity contribution in [2.45, 2.75) is 25.3 Å². The second kappa shape index (κ2) is 11.2. The Morgan fingerprint density at radius 1 is 1.00 bits per heavy atom. The molecule has 1 aromatic heterocycles. The van der Waals surface area contributed by atoms with Gasteiger partial charge in [-0.05, 0) is 57.8 Å². The van der Waals surface area contributed by atoms with Crippen molar-refractivity contribution in [1.82, 2.24) is 14.9 Å². The highest BCUT2D eigenvalue weighted by Crippen LogP contribution is 2.29. The highest BCUT2D eigenvalue weighted by molar-refractivity contribution is 7.92. The average molecular weight is 487 g/mol. The lowest BCUT2D eigenvalue weighted by atomic mass is 10.2. The quantitative estimate of drug-likeness (QED) is 0.440. The minimum atomic E-state index is -3.85. The molecule has 0 fully saturated rings. The van der Waals surface area contributed by atoms with Crippen LogP contribution in [-0.2, 0) is 16.6 Å². The molecule has 0 aliphatic carbocycles. The van der Waals surface area contributed by atoms with E-state index >= 15 is 0 Å². The zero-order chi connectivity index (χ0) is 24.7. The van der Waals surface area contributed by atoms with Crippen LogP contribution in [0.15, 0.2) is 53.6 Å². The number of anilines is 1. The summed E-state index contributed by atoms with van der Waals surface area (Å²) in [6, 6.07) is 12.0.